The number of carbonyl (C=O) groups excluding carboxylic acids is 1. The first-order valence-electron chi connectivity index (χ1n) is 7.79. The summed E-state index contributed by atoms with van der Waals surface area (Å²) >= 11 is 0.966. The molecule has 0 spiro atoms. The van der Waals surface area contributed by atoms with Gasteiger partial charge in [0.15, 0.2) is 20.2 Å². The number of hydrogen-bond donors (Lipinski definition) is 0. The molecule has 0 aliphatic carbocycles. The Morgan fingerprint density at radius 2 is 1.35 bits per heavy atom. The molecule has 0 radical (unpaired) electrons. The average Bonchev–Trinajstić information content (AvgIpc) is 2.67. The van der Waals surface area contributed by atoms with Crippen molar-refractivity contribution in [2.24, 2.45) is 0 Å². The van der Waals surface area contributed by atoms with Crippen molar-refractivity contribution in [2.75, 3.05) is 0 Å². The predicted molar refractivity (Wildman–Crippen MR) is 100 cm³/mol. The van der Waals surface area contributed by atoms with Crippen LogP contribution in [0.2, 0.25) is 0 Å². The van der Waals surface area contributed by atoms with Crippen LogP contribution < -0.4 is 0 Å². The normalized spacial score (nSPS) is 12.5. The van der Waals surface area contributed by atoms with Gasteiger partial charge in [-0.05, 0) is 36.4 Å². The second-order valence-corrected chi connectivity index (χ2v) is 9.00. The van der Waals surface area contributed by atoms with Crippen molar-refractivity contribution in [2.45, 2.75) is 14.4 Å². The van der Waals surface area contributed by atoms with Gasteiger partial charge in [0.25, 0.3) is 0 Å². The second kappa shape index (κ2) is 7.85. The lowest BCUT2D eigenvalue weighted by molar-refractivity contribution is 0.101. The number of halogens is 1. The molecule has 3 aromatic carbocycles. The van der Waals surface area contributed by atoms with Gasteiger partial charge in [-0.3, -0.25) is 4.79 Å². The van der Waals surface area contributed by atoms with Gasteiger partial charge in [0.1, 0.15) is 5.82 Å². The Morgan fingerprint density at radius 1 is 0.808 bits per heavy atom. The van der Waals surface area contributed by atoms with Crippen molar-refractivity contribution in [1.29, 1.82) is 0 Å². The van der Waals surface area contributed by atoms with E-state index in [4.69, 9.17) is 0 Å². The first-order valence-corrected chi connectivity index (χ1v) is 10.2. The van der Waals surface area contributed by atoms with Gasteiger partial charge in [0.2, 0.25) is 0 Å². The maximum atomic E-state index is 13.2. The Morgan fingerprint density at radius 3 is 1.92 bits per heavy atom. The van der Waals surface area contributed by atoms with Crippen LogP contribution in [0.5, 0.6) is 0 Å². The van der Waals surface area contributed by atoms with E-state index in [0.29, 0.717) is 10.5 Å². The minimum atomic E-state index is -4.02. The zero-order chi connectivity index (χ0) is 18.6. The number of carbonyl (C=O) groups is 1. The van der Waals surface area contributed by atoms with Gasteiger partial charge in [0.05, 0.1) is 4.90 Å². The van der Waals surface area contributed by atoms with Crippen LogP contribution in [0.15, 0.2) is 94.7 Å². The minimum Gasteiger partial charge on any atom is -0.292 e. The monoisotopic (exact) mass is 386 g/mol. The molecule has 1 unspecified atom stereocenters. The number of rotatable bonds is 6. The lowest BCUT2D eigenvalue weighted by Crippen LogP contribution is -2.27. The molecule has 0 aliphatic heterocycles. The molecule has 3 nitrogen and oxygen atoms in total. The van der Waals surface area contributed by atoms with E-state index in [9.17, 15) is 17.6 Å². The maximum Gasteiger partial charge on any atom is 0.198 e. The molecule has 0 fully saturated rings. The van der Waals surface area contributed by atoms with E-state index in [-0.39, 0.29) is 4.90 Å². The summed E-state index contributed by atoms with van der Waals surface area (Å²) < 4.78 is 38.0. The lowest BCUT2D eigenvalue weighted by Gasteiger charge is -2.17. The second-order valence-electron chi connectivity index (χ2n) is 5.49. The van der Waals surface area contributed by atoms with Crippen molar-refractivity contribution in [3.63, 3.8) is 0 Å². The van der Waals surface area contributed by atoms with Gasteiger partial charge in [-0.15, -0.1) is 0 Å². The molecule has 132 valence electrons. The van der Waals surface area contributed by atoms with E-state index in [1.165, 1.54) is 12.1 Å². The standard InChI is InChI=1S/C20H15FO3S2/c21-16-11-13-18(14-12-16)26(23,24)20(25-17-9-5-2-6-10-17)19(22)15-7-3-1-4-8-15/h1-14,20H. The number of hydrogen-bond acceptors (Lipinski definition) is 4. The van der Waals surface area contributed by atoms with E-state index in [0.717, 1.165) is 23.9 Å². The highest BCUT2D eigenvalue weighted by atomic mass is 32.3. The zero-order valence-corrected chi connectivity index (χ0v) is 15.2. The third-order valence-electron chi connectivity index (χ3n) is 3.68. The molecule has 0 amide bonds. The fourth-order valence-corrected chi connectivity index (χ4v) is 5.53. The van der Waals surface area contributed by atoms with E-state index < -0.39 is 26.0 Å². The third-order valence-corrected chi connectivity index (χ3v) is 7.41. The number of ketones is 1. The number of sulfone groups is 1. The Hall–Kier alpha value is -2.44. The van der Waals surface area contributed by atoms with Gasteiger partial charge in [0, 0.05) is 10.5 Å². The Kier molecular flexibility index (Phi) is 5.54. The van der Waals surface area contributed by atoms with E-state index >= 15 is 0 Å². The van der Waals surface area contributed by atoms with E-state index in [1.807, 2.05) is 6.07 Å². The summed E-state index contributed by atoms with van der Waals surface area (Å²) in [5.74, 6) is -1.05. The molecular weight excluding hydrogens is 371 g/mol. The number of benzene rings is 3. The van der Waals surface area contributed by atoms with Gasteiger partial charge in [-0.25, -0.2) is 12.8 Å². The third kappa shape index (κ3) is 4.03. The summed E-state index contributed by atoms with van der Waals surface area (Å²) in [7, 11) is -4.02. The molecule has 0 N–H and O–H groups in total. The average molecular weight is 386 g/mol. The molecule has 0 bridgehead atoms. The molecule has 1 atom stereocenters. The molecule has 0 heterocycles. The van der Waals surface area contributed by atoms with Crippen LogP contribution in [0.1, 0.15) is 10.4 Å². The van der Waals surface area contributed by atoms with Crippen molar-refractivity contribution < 1.29 is 17.6 Å². The fraction of sp³-hybridized carbons (Fsp3) is 0.0500. The summed E-state index contributed by atoms with van der Waals surface area (Å²) in [6, 6.07) is 21.7. The summed E-state index contributed by atoms with van der Waals surface area (Å²) in [5.41, 5.74) is 0.312. The largest absolute Gasteiger partial charge is 0.292 e. The van der Waals surface area contributed by atoms with Crippen LogP contribution in [0.3, 0.4) is 0 Å². The van der Waals surface area contributed by atoms with Gasteiger partial charge in [-0.2, -0.15) is 0 Å². The van der Waals surface area contributed by atoms with Crippen LogP contribution in [0, 0.1) is 5.82 Å². The highest BCUT2D eigenvalue weighted by molar-refractivity contribution is 8.14. The number of Topliss-reactive ketones (excluding diaryl/α,β-unsaturated/α-hetero) is 1. The molecule has 3 aromatic rings. The van der Waals surface area contributed by atoms with Crippen LogP contribution in [-0.4, -0.2) is 18.8 Å². The van der Waals surface area contributed by atoms with Gasteiger partial charge < -0.3 is 0 Å². The molecule has 0 aromatic heterocycles. The molecular formula is C20H15FO3S2. The summed E-state index contributed by atoms with van der Waals surface area (Å²) in [4.78, 5) is 13.5. The summed E-state index contributed by atoms with van der Waals surface area (Å²) in [6.45, 7) is 0. The predicted octanol–water partition coefficient (Wildman–Crippen LogP) is 4.60. The topological polar surface area (TPSA) is 51.2 Å². The highest BCUT2D eigenvalue weighted by Crippen LogP contribution is 2.33. The smallest absolute Gasteiger partial charge is 0.198 e. The van der Waals surface area contributed by atoms with Crippen molar-refractivity contribution >= 4 is 27.4 Å². The van der Waals surface area contributed by atoms with Crippen molar-refractivity contribution in [1.82, 2.24) is 0 Å². The summed E-state index contributed by atoms with van der Waals surface area (Å²) in [5, 5.41) is 0. The molecule has 6 heteroatoms. The molecule has 3 rings (SSSR count). The summed E-state index contributed by atoms with van der Waals surface area (Å²) in [6.07, 6.45) is 0. The van der Waals surface area contributed by atoms with E-state index in [2.05, 4.69) is 0 Å². The van der Waals surface area contributed by atoms with Crippen LogP contribution in [0.4, 0.5) is 4.39 Å². The highest BCUT2D eigenvalue weighted by Gasteiger charge is 2.35. The molecule has 0 saturated heterocycles. The quantitative estimate of drug-likeness (QED) is 0.353. The van der Waals surface area contributed by atoms with Gasteiger partial charge >= 0.3 is 0 Å². The molecule has 0 saturated carbocycles. The van der Waals surface area contributed by atoms with Crippen LogP contribution in [0.25, 0.3) is 0 Å². The Balaban J connectivity index is 2.04. The van der Waals surface area contributed by atoms with Crippen LogP contribution >= 0.6 is 11.8 Å². The van der Waals surface area contributed by atoms with Crippen molar-refractivity contribution in [3.05, 3.63) is 96.3 Å². The maximum absolute atomic E-state index is 13.2. The Bertz CT molecular complexity index is 986. The first kappa shape index (κ1) is 18.4. The first-order chi connectivity index (χ1) is 12.5. The molecule has 26 heavy (non-hydrogen) atoms. The van der Waals surface area contributed by atoms with Crippen LogP contribution in [-0.2, 0) is 9.84 Å². The lowest BCUT2D eigenvalue weighted by atomic mass is 10.1. The zero-order valence-electron chi connectivity index (χ0n) is 13.6. The number of thioether (sulfide) groups is 1. The van der Waals surface area contributed by atoms with Gasteiger partial charge in [-0.1, -0.05) is 60.3 Å². The fourth-order valence-electron chi connectivity index (χ4n) is 2.37. The minimum absolute atomic E-state index is 0.0865. The van der Waals surface area contributed by atoms with Crippen molar-refractivity contribution in [3.8, 4) is 0 Å². The SMILES string of the molecule is O=C(c1ccccc1)C(Sc1ccccc1)S(=O)(=O)c1ccc(F)cc1. The van der Waals surface area contributed by atoms with E-state index in [1.54, 1.807) is 54.6 Å². The Labute approximate surface area is 155 Å². The molecule has 0 aliphatic rings.